The molecule has 1 atom stereocenters. The van der Waals surface area contributed by atoms with E-state index < -0.39 is 0 Å². The van der Waals surface area contributed by atoms with Crippen LogP contribution in [0.2, 0.25) is 0 Å². The number of pyridine rings is 1. The van der Waals surface area contributed by atoms with E-state index in [4.69, 9.17) is 4.74 Å². The molecule has 16 heavy (non-hydrogen) atoms. The molecule has 0 spiro atoms. The molecule has 1 fully saturated rings. The zero-order chi connectivity index (χ0) is 10.5. The summed E-state index contributed by atoms with van der Waals surface area (Å²) >= 11 is 0. The maximum absolute atomic E-state index is 5.36. The van der Waals surface area contributed by atoms with Crippen molar-refractivity contribution < 1.29 is 37.4 Å². The zero-order valence-electron chi connectivity index (χ0n) is 9.49. The van der Waals surface area contributed by atoms with E-state index in [1.54, 1.807) is 6.20 Å². The number of aryl methyl sites for hydroxylation is 1. The van der Waals surface area contributed by atoms with Gasteiger partial charge in [0, 0.05) is 45.2 Å². The molecule has 0 amide bonds. The van der Waals surface area contributed by atoms with Crippen LogP contribution in [0.5, 0.6) is 0 Å². The maximum atomic E-state index is 5.36. The molecule has 2 nitrogen and oxygen atoms in total. The van der Waals surface area contributed by atoms with Crippen molar-refractivity contribution in [2.45, 2.75) is 19.8 Å². The van der Waals surface area contributed by atoms with Gasteiger partial charge in [0.1, 0.15) is 0 Å². The summed E-state index contributed by atoms with van der Waals surface area (Å²) in [7, 11) is 0. The number of rotatable bonds is 0. The number of ether oxygens (including phenoxy) is 1. The zero-order valence-corrected chi connectivity index (χ0v) is 12.3. The molecule has 1 aromatic rings. The van der Waals surface area contributed by atoms with Gasteiger partial charge in [0.2, 0.25) is 0 Å². The fourth-order valence-corrected chi connectivity index (χ4v) is 1.52. The topological polar surface area (TPSA) is 22.1 Å². The maximum Gasteiger partial charge on any atom is 0.0603 e. The van der Waals surface area contributed by atoms with Gasteiger partial charge in [-0.25, -0.2) is 0 Å². The van der Waals surface area contributed by atoms with Gasteiger partial charge in [-0.05, 0) is 18.5 Å². The summed E-state index contributed by atoms with van der Waals surface area (Å²) in [5.41, 5.74) is 1.84. The Kier molecular flexibility index (Phi) is 6.20. The normalized spacial score (nSPS) is 19.2. The predicted octanol–water partition coefficient (Wildman–Crippen LogP) is 1.97. The Balaban J connectivity index is 0.00000128. The second kappa shape index (κ2) is 7.17. The molecule has 0 aromatic carbocycles. The van der Waals surface area contributed by atoms with E-state index in [1.165, 1.54) is 0 Å². The molecular formula is C13H14NOY-. The van der Waals surface area contributed by atoms with Crippen LogP contribution >= 0.6 is 0 Å². The van der Waals surface area contributed by atoms with Crippen molar-refractivity contribution in [2.24, 2.45) is 5.92 Å². The monoisotopic (exact) mass is 289 g/mol. The van der Waals surface area contributed by atoms with E-state index in [2.05, 4.69) is 22.9 Å². The molecule has 1 radical (unpaired) electrons. The standard InChI is InChI=1S/C13H14NO.Y/c1-11-4-6-13(14-9-11)7-5-12-3-2-8-15-10-12;/h6,9,12H,2-3,8,10H2,1H3;/q-1;. The third kappa shape index (κ3) is 4.33. The largest absolute Gasteiger partial charge is 0.380 e. The fraction of sp³-hybridized carbons (Fsp3) is 0.462. The summed E-state index contributed by atoms with van der Waals surface area (Å²) < 4.78 is 5.36. The Morgan fingerprint density at radius 1 is 1.56 bits per heavy atom. The van der Waals surface area contributed by atoms with Crippen molar-refractivity contribution in [2.75, 3.05) is 13.2 Å². The van der Waals surface area contributed by atoms with E-state index in [1.807, 2.05) is 13.0 Å². The smallest absolute Gasteiger partial charge is 0.0603 e. The summed E-state index contributed by atoms with van der Waals surface area (Å²) in [5, 5.41) is 0. The summed E-state index contributed by atoms with van der Waals surface area (Å²) in [4.78, 5) is 4.22. The third-order valence-corrected chi connectivity index (χ3v) is 2.40. The first kappa shape index (κ1) is 13.8. The average molecular weight is 289 g/mol. The van der Waals surface area contributed by atoms with Gasteiger partial charge in [-0.3, -0.25) is 0 Å². The van der Waals surface area contributed by atoms with Crippen LogP contribution < -0.4 is 0 Å². The van der Waals surface area contributed by atoms with Gasteiger partial charge in [-0.1, -0.05) is 13.1 Å². The first-order chi connectivity index (χ1) is 7.34. The average Bonchev–Trinajstić information content (AvgIpc) is 2.30. The van der Waals surface area contributed by atoms with Crippen molar-refractivity contribution in [1.82, 2.24) is 4.98 Å². The van der Waals surface area contributed by atoms with Crippen molar-refractivity contribution >= 4 is 0 Å². The summed E-state index contributed by atoms with van der Waals surface area (Å²) in [6.45, 7) is 3.62. The van der Waals surface area contributed by atoms with Crippen LogP contribution in [-0.4, -0.2) is 18.2 Å². The predicted molar refractivity (Wildman–Crippen MR) is 58.2 cm³/mol. The van der Waals surface area contributed by atoms with E-state index in [9.17, 15) is 0 Å². The van der Waals surface area contributed by atoms with E-state index in [0.29, 0.717) is 5.92 Å². The van der Waals surface area contributed by atoms with Crippen LogP contribution in [-0.2, 0) is 37.4 Å². The van der Waals surface area contributed by atoms with Gasteiger partial charge in [0.25, 0.3) is 0 Å². The molecule has 1 aliphatic heterocycles. The second-order valence-corrected chi connectivity index (χ2v) is 3.80. The Morgan fingerprint density at radius 2 is 2.44 bits per heavy atom. The van der Waals surface area contributed by atoms with Gasteiger partial charge in [0.05, 0.1) is 6.61 Å². The first-order valence-corrected chi connectivity index (χ1v) is 5.28. The van der Waals surface area contributed by atoms with Crippen LogP contribution in [0.15, 0.2) is 12.3 Å². The Bertz CT molecular complexity index is 371. The van der Waals surface area contributed by atoms with E-state index >= 15 is 0 Å². The van der Waals surface area contributed by atoms with Crippen LogP contribution in [0, 0.1) is 30.7 Å². The van der Waals surface area contributed by atoms with Crippen LogP contribution in [0.3, 0.4) is 0 Å². The van der Waals surface area contributed by atoms with Gasteiger partial charge < -0.3 is 9.72 Å². The second-order valence-electron chi connectivity index (χ2n) is 3.80. The third-order valence-electron chi connectivity index (χ3n) is 2.40. The van der Waals surface area contributed by atoms with Gasteiger partial charge in [-0.15, -0.1) is 23.5 Å². The minimum absolute atomic E-state index is 0. The summed E-state index contributed by atoms with van der Waals surface area (Å²) in [6, 6.07) is 4.93. The van der Waals surface area contributed by atoms with Crippen molar-refractivity contribution in [3.8, 4) is 11.8 Å². The van der Waals surface area contributed by atoms with Crippen LogP contribution in [0.4, 0.5) is 0 Å². The van der Waals surface area contributed by atoms with Crippen molar-refractivity contribution in [3.63, 3.8) is 0 Å². The summed E-state index contributed by atoms with van der Waals surface area (Å²) in [5.74, 6) is 6.65. The fourth-order valence-electron chi connectivity index (χ4n) is 1.52. The molecule has 0 N–H and O–H groups in total. The Labute approximate surface area is 122 Å². The molecule has 0 bridgehead atoms. The Morgan fingerprint density at radius 3 is 3.06 bits per heavy atom. The molecule has 1 aliphatic rings. The minimum Gasteiger partial charge on any atom is -0.380 e. The SMILES string of the molecule is Cc1[c-]cc(C#CC2CCCOC2)nc1.[Y]. The number of nitrogens with zero attached hydrogens (tertiary/aromatic N) is 1. The number of aromatic nitrogens is 1. The van der Waals surface area contributed by atoms with Crippen molar-refractivity contribution in [1.29, 1.82) is 0 Å². The summed E-state index contributed by atoms with van der Waals surface area (Å²) in [6.07, 6.45) is 4.05. The molecule has 81 valence electrons. The Hall–Kier alpha value is -0.226. The number of hydrogen-bond acceptors (Lipinski definition) is 2. The van der Waals surface area contributed by atoms with Gasteiger partial charge >= 0.3 is 0 Å². The van der Waals surface area contributed by atoms with Gasteiger partial charge in [-0.2, -0.15) is 6.07 Å². The van der Waals surface area contributed by atoms with Crippen molar-refractivity contribution in [3.05, 3.63) is 29.6 Å². The molecule has 3 heteroatoms. The van der Waals surface area contributed by atoms with E-state index in [-0.39, 0.29) is 32.7 Å². The van der Waals surface area contributed by atoms with Gasteiger partial charge in [0.15, 0.2) is 0 Å². The molecule has 0 saturated carbocycles. The quantitative estimate of drug-likeness (QED) is 0.538. The molecule has 1 unspecified atom stereocenters. The molecule has 1 saturated heterocycles. The molecular weight excluding hydrogens is 275 g/mol. The number of hydrogen-bond donors (Lipinski definition) is 0. The van der Waals surface area contributed by atoms with E-state index in [0.717, 1.165) is 37.3 Å². The minimum atomic E-state index is 0. The first-order valence-electron chi connectivity index (χ1n) is 5.28. The van der Waals surface area contributed by atoms with Crippen LogP contribution in [0.25, 0.3) is 0 Å². The molecule has 2 heterocycles. The van der Waals surface area contributed by atoms with Crippen LogP contribution in [0.1, 0.15) is 24.1 Å². The molecule has 0 aliphatic carbocycles. The molecule has 2 rings (SSSR count). The molecule has 1 aromatic heterocycles.